The minimum atomic E-state index is 0.310. The summed E-state index contributed by atoms with van der Waals surface area (Å²) in [4.78, 5) is 12.2. The van der Waals surface area contributed by atoms with Crippen molar-refractivity contribution in [2.24, 2.45) is 11.3 Å². The number of fused-ring (bicyclic) bond motifs is 1. The van der Waals surface area contributed by atoms with E-state index in [0.29, 0.717) is 17.1 Å². The highest BCUT2D eigenvalue weighted by Crippen LogP contribution is 2.51. The van der Waals surface area contributed by atoms with Crippen LogP contribution < -0.4 is 0 Å². The highest BCUT2D eigenvalue weighted by Gasteiger charge is 2.41. The van der Waals surface area contributed by atoms with Gasteiger partial charge in [0.15, 0.2) is 5.78 Å². The zero-order valence-electron chi connectivity index (χ0n) is 12.1. The Balaban J connectivity index is 2.37. The predicted octanol–water partition coefficient (Wildman–Crippen LogP) is 4.83. The lowest BCUT2D eigenvalue weighted by Gasteiger charge is -2.44. The van der Waals surface area contributed by atoms with Crippen LogP contribution in [0, 0.1) is 11.3 Å². The first kappa shape index (κ1) is 13.6. The fourth-order valence-electron chi connectivity index (χ4n) is 3.67. The second-order valence-corrected chi connectivity index (χ2v) is 6.48. The van der Waals surface area contributed by atoms with E-state index in [4.69, 9.17) is 0 Å². The molecule has 0 amide bonds. The first-order chi connectivity index (χ1) is 8.48. The number of carbonyl (C=O) groups is 1. The largest absolute Gasteiger partial charge is 0.295 e. The SMILES string of the molecule is C=C(C)C1CC[C@]2(C)CCC(=O)C(CCC)=C2C1. The van der Waals surface area contributed by atoms with Crippen LogP contribution in [0.3, 0.4) is 0 Å². The molecule has 0 N–H and O–H groups in total. The van der Waals surface area contributed by atoms with Crippen LogP contribution >= 0.6 is 0 Å². The van der Waals surface area contributed by atoms with E-state index in [1.165, 1.54) is 29.6 Å². The third-order valence-corrected chi connectivity index (χ3v) is 5.03. The number of Topliss-reactive ketones (excluding diaryl/α,β-unsaturated/α-hetero) is 1. The van der Waals surface area contributed by atoms with Crippen LogP contribution in [0.15, 0.2) is 23.3 Å². The molecule has 1 heteroatoms. The molecule has 2 aliphatic carbocycles. The Hall–Kier alpha value is -0.850. The van der Waals surface area contributed by atoms with Crippen LogP contribution in [0.2, 0.25) is 0 Å². The second kappa shape index (κ2) is 5.03. The van der Waals surface area contributed by atoms with Gasteiger partial charge >= 0.3 is 0 Å². The van der Waals surface area contributed by atoms with Gasteiger partial charge in [-0.3, -0.25) is 4.79 Å². The summed E-state index contributed by atoms with van der Waals surface area (Å²) in [7, 11) is 0. The minimum absolute atomic E-state index is 0.310. The molecule has 2 atom stereocenters. The normalized spacial score (nSPS) is 32.4. The molecule has 1 fully saturated rings. The van der Waals surface area contributed by atoms with Crippen LogP contribution in [0.25, 0.3) is 0 Å². The molecule has 0 bridgehead atoms. The van der Waals surface area contributed by atoms with Crippen molar-refractivity contribution in [2.75, 3.05) is 0 Å². The van der Waals surface area contributed by atoms with E-state index in [2.05, 4.69) is 27.4 Å². The number of allylic oxidation sites excluding steroid dienone is 3. The fourth-order valence-corrected chi connectivity index (χ4v) is 3.67. The van der Waals surface area contributed by atoms with Gasteiger partial charge in [0.05, 0.1) is 0 Å². The molecule has 1 nitrogen and oxygen atoms in total. The molecular formula is C17H26O. The smallest absolute Gasteiger partial charge is 0.158 e. The maximum Gasteiger partial charge on any atom is 0.158 e. The number of hydrogen-bond donors (Lipinski definition) is 0. The molecule has 0 radical (unpaired) electrons. The maximum atomic E-state index is 12.2. The Morgan fingerprint density at radius 2 is 2.17 bits per heavy atom. The number of rotatable bonds is 3. The molecule has 0 aromatic heterocycles. The molecule has 2 aliphatic rings. The highest BCUT2D eigenvalue weighted by atomic mass is 16.1. The summed E-state index contributed by atoms with van der Waals surface area (Å²) in [6.45, 7) is 10.8. The Morgan fingerprint density at radius 1 is 1.44 bits per heavy atom. The average Bonchev–Trinajstić information content (AvgIpc) is 2.33. The Labute approximate surface area is 111 Å². The molecule has 1 saturated carbocycles. The van der Waals surface area contributed by atoms with Gasteiger partial charge < -0.3 is 0 Å². The summed E-state index contributed by atoms with van der Waals surface area (Å²) in [6, 6.07) is 0. The summed E-state index contributed by atoms with van der Waals surface area (Å²) < 4.78 is 0. The van der Waals surface area contributed by atoms with Crippen molar-refractivity contribution in [3.63, 3.8) is 0 Å². The Bertz CT molecular complexity index is 402. The lowest BCUT2D eigenvalue weighted by atomic mass is 9.60. The first-order valence-corrected chi connectivity index (χ1v) is 7.39. The molecule has 0 saturated heterocycles. The zero-order chi connectivity index (χ0) is 13.3. The van der Waals surface area contributed by atoms with Crippen molar-refractivity contribution in [1.29, 1.82) is 0 Å². The summed E-state index contributed by atoms with van der Waals surface area (Å²) in [5.74, 6) is 1.03. The second-order valence-electron chi connectivity index (χ2n) is 6.48. The zero-order valence-corrected chi connectivity index (χ0v) is 12.1. The van der Waals surface area contributed by atoms with E-state index < -0.39 is 0 Å². The topological polar surface area (TPSA) is 17.1 Å². The highest BCUT2D eigenvalue weighted by molar-refractivity contribution is 5.97. The van der Waals surface area contributed by atoms with Crippen LogP contribution in [-0.2, 0) is 4.79 Å². The van der Waals surface area contributed by atoms with Gasteiger partial charge in [0.25, 0.3) is 0 Å². The van der Waals surface area contributed by atoms with E-state index in [-0.39, 0.29) is 0 Å². The predicted molar refractivity (Wildman–Crippen MR) is 76.4 cm³/mol. The van der Waals surface area contributed by atoms with Gasteiger partial charge in [-0.1, -0.05) is 38.0 Å². The van der Waals surface area contributed by atoms with Crippen molar-refractivity contribution in [3.05, 3.63) is 23.3 Å². The molecule has 1 unspecified atom stereocenters. The summed E-state index contributed by atoms with van der Waals surface area (Å²) in [5, 5.41) is 0. The maximum absolute atomic E-state index is 12.2. The third kappa shape index (κ3) is 2.32. The molecule has 0 spiro atoms. The monoisotopic (exact) mass is 246 g/mol. The van der Waals surface area contributed by atoms with E-state index in [1.54, 1.807) is 0 Å². The number of hydrogen-bond acceptors (Lipinski definition) is 1. The van der Waals surface area contributed by atoms with E-state index in [9.17, 15) is 4.79 Å². The molecule has 0 aromatic rings. The van der Waals surface area contributed by atoms with Crippen molar-refractivity contribution >= 4 is 5.78 Å². The lowest BCUT2D eigenvalue weighted by Crippen LogP contribution is -2.34. The number of carbonyl (C=O) groups excluding carboxylic acids is 1. The molecule has 100 valence electrons. The van der Waals surface area contributed by atoms with E-state index >= 15 is 0 Å². The van der Waals surface area contributed by atoms with Crippen molar-refractivity contribution in [1.82, 2.24) is 0 Å². The quantitative estimate of drug-likeness (QED) is 0.652. The van der Waals surface area contributed by atoms with Gasteiger partial charge in [-0.05, 0) is 55.9 Å². The molecule has 0 aliphatic heterocycles. The van der Waals surface area contributed by atoms with Gasteiger partial charge in [-0.2, -0.15) is 0 Å². The van der Waals surface area contributed by atoms with Crippen LogP contribution in [0.1, 0.15) is 65.7 Å². The molecule has 18 heavy (non-hydrogen) atoms. The summed E-state index contributed by atoms with van der Waals surface area (Å²) in [5.41, 5.74) is 4.26. The van der Waals surface area contributed by atoms with Crippen molar-refractivity contribution in [3.8, 4) is 0 Å². The van der Waals surface area contributed by atoms with Crippen LogP contribution in [-0.4, -0.2) is 5.78 Å². The Kier molecular flexibility index (Phi) is 3.79. The standard InChI is InChI=1S/C17H26O/c1-5-6-14-15-11-13(12(2)3)7-9-17(15,4)10-8-16(14)18/h13H,2,5-11H2,1,3-4H3/t13?,17-/m1/s1. The van der Waals surface area contributed by atoms with Crippen molar-refractivity contribution in [2.45, 2.75) is 65.7 Å². The third-order valence-electron chi connectivity index (χ3n) is 5.03. The summed E-state index contributed by atoms with van der Waals surface area (Å²) >= 11 is 0. The molecule has 2 rings (SSSR count). The summed E-state index contributed by atoms with van der Waals surface area (Å²) in [6.07, 6.45) is 7.48. The first-order valence-electron chi connectivity index (χ1n) is 7.39. The lowest BCUT2D eigenvalue weighted by molar-refractivity contribution is -0.117. The Morgan fingerprint density at radius 3 is 2.78 bits per heavy atom. The molecule has 0 heterocycles. The van der Waals surface area contributed by atoms with E-state index in [1.807, 2.05) is 0 Å². The van der Waals surface area contributed by atoms with Crippen LogP contribution in [0.4, 0.5) is 0 Å². The molecule has 0 aromatic carbocycles. The van der Waals surface area contributed by atoms with Crippen LogP contribution in [0.5, 0.6) is 0 Å². The number of ketones is 1. The average molecular weight is 246 g/mol. The van der Waals surface area contributed by atoms with Crippen molar-refractivity contribution < 1.29 is 4.79 Å². The van der Waals surface area contributed by atoms with Gasteiger partial charge in [0, 0.05) is 6.42 Å². The van der Waals surface area contributed by atoms with E-state index in [0.717, 1.165) is 32.1 Å². The minimum Gasteiger partial charge on any atom is -0.295 e. The van der Waals surface area contributed by atoms with Gasteiger partial charge in [-0.25, -0.2) is 0 Å². The van der Waals surface area contributed by atoms with Gasteiger partial charge in [0.1, 0.15) is 0 Å². The van der Waals surface area contributed by atoms with Gasteiger partial charge in [0.2, 0.25) is 0 Å². The molecular weight excluding hydrogens is 220 g/mol. The van der Waals surface area contributed by atoms with Gasteiger partial charge in [-0.15, -0.1) is 0 Å². The fraction of sp³-hybridized carbons (Fsp3) is 0.706.